The first-order valence-corrected chi connectivity index (χ1v) is 11.3. The van der Waals surface area contributed by atoms with Crippen LogP contribution in [0.5, 0.6) is 0 Å². The summed E-state index contributed by atoms with van der Waals surface area (Å²) in [5.41, 5.74) is 2.19. The van der Waals surface area contributed by atoms with Crippen molar-refractivity contribution in [3.05, 3.63) is 65.7 Å². The van der Waals surface area contributed by atoms with Gasteiger partial charge in [-0.25, -0.2) is 0 Å². The Morgan fingerprint density at radius 2 is 1.83 bits per heavy atom. The van der Waals surface area contributed by atoms with E-state index in [1.807, 2.05) is 62.4 Å². The molecule has 0 saturated heterocycles. The van der Waals surface area contributed by atoms with Crippen molar-refractivity contribution in [2.45, 2.75) is 63.1 Å². The maximum absolute atomic E-state index is 13.1. The number of hydrogen-bond donors (Lipinski definition) is 1. The van der Waals surface area contributed by atoms with Gasteiger partial charge in [0.1, 0.15) is 6.04 Å². The van der Waals surface area contributed by atoms with E-state index in [4.69, 9.17) is 0 Å². The third kappa shape index (κ3) is 6.36. The van der Waals surface area contributed by atoms with Crippen molar-refractivity contribution in [3.8, 4) is 0 Å². The zero-order valence-electron chi connectivity index (χ0n) is 17.3. The van der Waals surface area contributed by atoms with Crippen molar-refractivity contribution in [3.63, 3.8) is 0 Å². The minimum absolute atomic E-state index is 0.0190. The monoisotopic (exact) mass is 410 g/mol. The Hall–Kier alpha value is -2.27. The van der Waals surface area contributed by atoms with Gasteiger partial charge in [0.15, 0.2) is 0 Å². The summed E-state index contributed by atoms with van der Waals surface area (Å²) >= 11 is 1.51. The van der Waals surface area contributed by atoms with Crippen LogP contribution < -0.4 is 5.32 Å². The van der Waals surface area contributed by atoms with E-state index in [0.717, 1.165) is 28.9 Å². The van der Waals surface area contributed by atoms with Gasteiger partial charge in [0.05, 0.1) is 5.75 Å². The Bertz CT molecular complexity index is 819. The molecule has 1 aliphatic carbocycles. The Morgan fingerprint density at radius 3 is 2.52 bits per heavy atom. The summed E-state index contributed by atoms with van der Waals surface area (Å²) in [6, 6.07) is 17.8. The van der Waals surface area contributed by atoms with Gasteiger partial charge in [-0.3, -0.25) is 9.59 Å². The Labute approximate surface area is 178 Å². The molecule has 0 heterocycles. The fraction of sp³-hybridized carbons (Fsp3) is 0.417. The molecule has 5 heteroatoms. The molecule has 1 atom stereocenters. The molecule has 1 unspecified atom stereocenters. The van der Waals surface area contributed by atoms with E-state index in [1.165, 1.54) is 24.6 Å². The smallest absolute Gasteiger partial charge is 0.242 e. The molecule has 1 saturated carbocycles. The normalized spacial score (nSPS) is 15.1. The number of aryl methyl sites for hydroxylation is 1. The highest BCUT2D eigenvalue weighted by molar-refractivity contribution is 8.00. The molecule has 0 spiro atoms. The van der Waals surface area contributed by atoms with Gasteiger partial charge >= 0.3 is 0 Å². The molecule has 154 valence electrons. The van der Waals surface area contributed by atoms with Crippen molar-refractivity contribution < 1.29 is 9.59 Å². The largest absolute Gasteiger partial charge is 0.352 e. The SMILES string of the molecule is Cc1cccc(CN(C(=O)CSc2ccccc2)C(C)C(=O)NC2CCCC2)c1. The van der Waals surface area contributed by atoms with Crippen LogP contribution in [0.4, 0.5) is 0 Å². The number of amides is 2. The highest BCUT2D eigenvalue weighted by Crippen LogP contribution is 2.21. The maximum atomic E-state index is 13.1. The van der Waals surface area contributed by atoms with E-state index in [1.54, 1.807) is 4.90 Å². The van der Waals surface area contributed by atoms with E-state index in [0.29, 0.717) is 12.3 Å². The molecule has 2 amide bonds. The summed E-state index contributed by atoms with van der Waals surface area (Å²) < 4.78 is 0. The number of nitrogens with one attached hydrogen (secondary N) is 1. The number of carbonyl (C=O) groups is 2. The predicted molar refractivity (Wildman–Crippen MR) is 119 cm³/mol. The second kappa shape index (κ2) is 10.5. The summed E-state index contributed by atoms with van der Waals surface area (Å²) in [5, 5.41) is 3.15. The molecule has 0 aromatic heterocycles. The van der Waals surface area contributed by atoms with Gasteiger partial charge in [0, 0.05) is 17.5 Å². The second-order valence-corrected chi connectivity index (χ2v) is 8.83. The highest BCUT2D eigenvalue weighted by atomic mass is 32.2. The number of hydrogen-bond acceptors (Lipinski definition) is 3. The van der Waals surface area contributed by atoms with E-state index in [9.17, 15) is 9.59 Å². The Morgan fingerprint density at radius 1 is 1.10 bits per heavy atom. The number of rotatable bonds is 8. The zero-order valence-corrected chi connectivity index (χ0v) is 18.1. The first kappa shape index (κ1) is 21.4. The van der Waals surface area contributed by atoms with E-state index < -0.39 is 6.04 Å². The van der Waals surface area contributed by atoms with Gasteiger partial charge in [-0.1, -0.05) is 60.9 Å². The molecule has 0 radical (unpaired) electrons. The lowest BCUT2D eigenvalue weighted by Gasteiger charge is -2.29. The lowest BCUT2D eigenvalue weighted by atomic mass is 10.1. The van der Waals surface area contributed by atoms with Crippen LogP contribution >= 0.6 is 11.8 Å². The van der Waals surface area contributed by atoms with Crippen LogP contribution in [-0.2, 0) is 16.1 Å². The van der Waals surface area contributed by atoms with Gasteiger partial charge in [0.25, 0.3) is 0 Å². The number of nitrogens with zero attached hydrogens (tertiary/aromatic N) is 1. The van der Waals surface area contributed by atoms with Crippen LogP contribution in [0.15, 0.2) is 59.5 Å². The molecule has 1 N–H and O–H groups in total. The van der Waals surface area contributed by atoms with Gasteiger partial charge < -0.3 is 10.2 Å². The fourth-order valence-corrected chi connectivity index (χ4v) is 4.53. The summed E-state index contributed by atoms with van der Waals surface area (Å²) in [7, 11) is 0. The average molecular weight is 411 g/mol. The molecule has 1 fully saturated rings. The van der Waals surface area contributed by atoms with Crippen LogP contribution in [0.2, 0.25) is 0 Å². The quantitative estimate of drug-likeness (QED) is 0.649. The lowest BCUT2D eigenvalue weighted by Crippen LogP contribution is -2.50. The molecular weight excluding hydrogens is 380 g/mol. The van der Waals surface area contributed by atoms with E-state index in [-0.39, 0.29) is 17.9 Å². The van der Waals surface area contributed by atoms with Crippen LogP contribution in [0, 0.1) is 6.92 Å². The number of carbonyl (C=O) groups excluding carboxylic acids is 2. The zero-order chi connectivity index (χ0) is 20.6. The average Bonchev–Trinajstić information content (AvgIpc) is 3.23. The Balaban J connectivity index is 1.70. The van der Waals surface area contributed by atoms with Gasteiger partial charge in [0.2, 0.25) is 11.8 Å². The molecule has 3 rings (SSSR count). The van der Waals surface area contributed by atoms with Crippen molar-refractivity contribution in [2.24, 2.45) is 0 Å². The predicted octanol–water partition coefficient (Wildman–Crippen LogP) is 4.56. The molecular formula is C24H30N2O2S. The van der Waals surface area contributed by atoms with Crippen LogP contribution in [0.3, 0.4) is 0 Å². The molecule has 29 heavy (non-hydrogen) atoms. The molecule has 0 aliphatic heterocycles. The maximum Gasteiger partial charge on any atom is 0.242 e. The topological polar surface area (TPSA) is 49.4 Å². The Kier molecular flexibility index (Phi) is 7.76. The fourth-order valence-electron chi connectivity index (χ4n) is 3.73. The van der Waals surface area contributed by atoms with Crippen molar-refractivity contribution in [1.29, 1.82) is 0 Å². The minimum Gasteiger partial charge on any atom is -0.352 e. The molecule has 0 bridgehead atoms. The third-order valence-corrected chi connectivity index (χ3v) is 6.41. The van der Waals surface area contributed by atoms with Crippen molar-refractivity contribution >= 4 is 23.6 Å². The third-order valence-electron chi connectivity index (χ3n) is 5.41. The molecule has 2 aromatic carbocycles. The van der Waals surface area contributed by atoms with E-state index in [2.05, 4.69) is 11.4 Å². The highest BCUT2D eigenvalue weighted by Gasteiger charge is 2.28. The van der Waals surface area contributed by atoms with Crippen LogP contribution in [0.25, 0.3) is 0 Å². The lowest BCUT2D eigenvalue weighted by molar-refractivity contribution is -0.138. The van der Waals surface area contributed by atoms with E-state index >= 15 is 0 Å². The summed E-state index contributed by atoms with van der Waals surface area (Å²) in [4.78, 5) is 28.8. The molecule has 1 aliphatic rings. The number of benzene rings is 2. The molecule has 2 aromatic rings. The van der Waals surface area contributed by atoms with Gasteiger partial charge in [-0.15, -0.1) is 11.8 Å². The summed E-state index contributed by atoms with van der Waals surface area (Å²) in [6.07, 6.45) is 4.40. The molecule has 4 nitrogen and oxygen atoms in total. The van der Waals surface area contributed by atoms with Crippen molar-refractivity contribution in [1.82, 2.24) is 10.2 Å². The number of thioether (sulfide) groups is 1. The summed E-state index contributed by atoms with van der Waals surface area (Å²) in [5.74, 6) is 0.244. The second-order valence-electron chi connectivity index (χ2n) is 7.78. The first-order valence-electron chi connectivity index (χ1n) is 10.4. The van der Waals surface area contributed by atoms with Gasteiger partial charge in [-0.05, 0) is 44.4 Å². The summed E-state index contributed by atoms with van der Waals surface area (Å²) in [6.45, 7) is 4.32. The first-order chi connectivity index (χ1) is 14.0. The minimum atomic E-state index is -0.500. The van der Waals surface area contributed by atoms with Crippen LogP contribution in [0.1, 0.15) is 43.7 Å². The van der Waals surface area contributed by atoms with Crippen LogP contribution in [-0.4, -0.2) is 34.6 Å². The van der Waals surface area contributed by atoms with Crippen molar-refractivity contribution in [2.75, 3.05) is 5.75 Å². The van der Waals surface area contributed by atoms with Gasteiger partial charge in [-0.2, -0.15) is 0 Å². The standard InChI is InChI=1S/C24H30N2O2S/c1-18-9-8-10-20(15-18)16-26(19(2)24(28)25-21-11-6-7-12-21)23(27)17-29-22-13-4-3-5-14-22/h3-5,8-10,13-15,19,21H,6-7,11-12,16-17H2,1-2H3,(H,25,28).